The SMILES string of the molecule is CN1CCN(c2ccc(Nc3ncc4c(n3)N(C3CCCC3)CC(=O)N4)cc2)CC1. The summed E-state index contributed by atoms with van der Waals surface area (Å²) in [5, 5.41) is 6.23. The number of fused-ring (bicyclic) bond motifs is 1. The summed E-state index contributed by atoms with van der Waals surface area (Å²) in [5.74, 6) is 1.39. The molecule has 158 valence electrons. The van der Waals surface area contributed by atoms with E-state index in [1.807, 2.05) is 0 Å². The molecule has 8 nitrogen and oxygen atoms in total. The summed E-state index contributed by atoms with van der Waals surface area (Å²) in [6.07, 6.45) is 6.38. The van der Waals surface area contributed by atoms with Crippen molar-refractivity contribution < 1.29 is 4.79 Å². The molecule has 1 aliphatic carbocycles. The molecule has 1 amide bonds. The Morgan fingerprint density at radius 2 is 1.80 bits per heavy atom. The molecule has 0 unspecified atom stereocenters. The first-order valence-electron chi connectivity index (χ1n) is 10.9. The Kier molecular flexibility index (Phi) is 5.16. The average molecular weight is 408 g/mol. The van der Waals surface area contributed by atoms with Gasteiger partial charge in [-0.15, -0.1) is 0 Å². The summed E-state index contributed by atoms with van der Waals surface area (Å²) in [4.78, 5) is 28.2. The van der Waals surface area contributed by atoms with Crippen LogP contribution in [0.4, 0.5) is 28.8 Å². The van der Waals surface area contributed by atoms with E-state index in [4.69, 9.17) is 4.98 Å². The molecule has 1 saturated carbocycles. The summed E-state index contributed by atoms with van der Waals surface area (Å²) in [6, 6.07) is 8.84. The van der Waals surface area contributed by atoms with Gasteiger partial charge in [-0.3, -0.25) is 4.79 Å². The number of anilines is 5. The van der Waals surface area contributed by atoms with Crippen LogP contribution in [-0.2, 0) is 4.79 Å². The van der Waals surface area contributed by atoms with Gasteiger partial charge in [-0.25, -0.2) is 4.98 Å². The minimum Gasteiger partial charge on any atom is -0.369 e. The van der Waals surface area contributed by atoms with Crippen molar-refractivity contribution in [3.8, 4) is 0 Å². The molecule has 0 radical (unpaired) electrons. The summed E-state index contributed by atoms with van der Waals surface area (Å²) in [7, 11) is 2.17. The molecular formula is C22H29N7O. The Morgan fingerprint density at radius 3 is 2.53 bits per heavy atom. The highest BCUT2D eigenvalue weighted by Gasteiger charge is 2.31. The van der Waals surface area contributed by atoms with Crippen LogP contribution >= 0.6 is 0 Å². The molecule has 1 aromatic heterocycles. The van der Waals surface area contributed by atoms with E-state index in [9.17, 15) is 4.79 Å². The van der Waals surface area contributed by atoms with Crippen molar-refractivity contribution in [1.29, 1.82) is 0 Å². The fourth-order valence-electron chi connectivity index (χ4n) is 4.63. The Bertz CT molecular complexity index is 902. The van der Waals surface area contributed by atoms with Gasteiger partial charge in [-0.2, -0.15) is 4.98 Å². The van der Waals surface area contributed by atoms with Crippen LogP contribution in [0.25, 0.3) is 0 Å². The smallest absolute Gasteiger partial charge is 0.244 e. The van der Waals surface area contributed by atoms with Crippen molar-refractivity contribution in [1.82, 2.24) is 14.9 Å². The first kappa shape index (κ1) is 19.1. The standard InChI is InChI=1S/C22H29N7O/c1-27-10-12-28(13-11-27)17-8-6-16(7-9-17)24-22-23-14-19-21(26-22)29(15-20(30)25-19)18-4-2-3-5-18/h6-9,14,18H,2-5,10-13,15H2,1H3,(H,25,30)(H,23,24,26). The molecule has 8 heteroatoms. The molecule has 2 aromatic rings. The van der Waals surface area contributed by atoms with E-state index in [-0.39, 0.29) is 5.91 Å². The molecule has 3 aliphatic rings. The lowest BCUT2D eigenvalue weighted by Crippen LogP contribution is -2.44. The van der Waals surface area contributed by atoms with Gasteiger partial charge in [0.05, 0.1) is 12.7 Å². The van der Waals surface area contributed by atoms with E-state index in [0.717, 1.165) is 50.5 Å². The van der Waals surface area contributed by atoms with Gasteiger partial charge in [0, 0.05) is 43.6 Å². The fraction of sp³-hybridized carbons (Fsp3) is 0.500. The van der Waals surface area contributed by atoms with E-state index < -0.39 is 0 Å². The van der Waals surface area contributed by atoms with Gasteiger partial charge in [-0.05, 0) is 44.2 Å². The third-order valence-electron chi connectivity index (χ3n) is 6.39. The normalized spacial score (nSPS) is 20.2. The number of carbonyl (C=O) groups excluding carboxylic acids is 1. The number of aromatic nitrogens is 2. The number of carbonyl (C=O) groups is 1. The molecule has 5 rings (SSSR count). The van der Waals surface area contributed by atoms with Crippen LogP contribution in [0, 0.1) is 0 Å². The lowest BCUT2D eigenvalue weighted by Gasteiger charge is -2.34. The van der Waals surface area contributed by atoms with Gasteiger partial charge in [-0.1, -0.05) is 12.8 Å². The van der Waals surface area contributed by atoms with Gasteiger partial charge < -0.3 is 25.3 Å². The Hall–Kier alpha value is -2.87. The minimum atomic E-state index is 0.0122. The summed E-state index contributed by atoms with van der Waals surface area (Å²) >= 11 is 0. The average Bonchev–Trinajstić information content (AvgIpc) is 3.29. The Morgan fingerprint density at radius 1 is 1.07 bits per heavy atom. The number of hydrogen-bond donors (Lipinski definition) is 2. The molecule has 3 heterocycles. The lowest BCUT2D eigenvalue weighted by atomic mass is 10.2. The van der Waals surface area contributed by atoms with Crippen molar-refractivity contribution >= 4 is 34.7 Å². The highest BCUT2D eigenvalue weighted by Crippen LogP contribution is 2.34. The van der Waals surface area contributed by atoms with Crippen molar-refractivity contribution in [2.75, 3.05) is 60.2 Å². The fourth-order valence-corrected chi connectivity index (χ4v) is 4.63. The quantitative estimate of drug-likeness (QED) is 0.807. The molecule has 1 saturated heterocycles. The molecule has 0 bridgehead atoms. The maximum absolute atomic E-state index is 12.1. The zero-order valence-electron chi connectivity index (χ0n) is 17.5. The van der Waals surface area contributed by atoms with Crippen LogP contribution in [0.3, 0.4) is 0 Å². The maximum atomic E-state index is 12.1. The number of benzene rings is 1. The summed E-state index contributed by atoms with van der Waals surface area (Å²) < 4.78 is 0. The van der Waals surface area contributed by atoms with Crippen molar-refractivity contribution in [2.45, 2.75) is 31.7 Å². The van der Waals surface area contributed by atoms with Crippen LogP contribution in [0.5, 0.6) is 0 Å². The first-order chi connectivity index (χ1) is 14.7. The molecule has 30 heavy (non-hydrogen) atoms. The number of likely N-dealkylation sites (N-methyl/N-ethyl adjacent to an activating group) is 1. The van der Waals surface area contributed by atoms with Crippen molar-refractivity contribution in [3.63, 3.8) is 0 Å². The zero-order chi connectivity index (χ0) is 20.5. The zero-order valence-corrected chi connectivity index (χ0v) is 17.5. The molecule has 2 fully saturated rings. The van der Waals surface area contributed by atoms with Gasteiger partial charge in [0.1, 0.15) is 5.69 Å². The van der Waals surface area contributed by atoms with Gasteiger partial charge in [0.25, 0.3) is 0 Å². The number of nitrogens with one attached hydrogen (secondary N) is 2. The van der Waals surface area contributed by atoms with Crippen LogP contribution in [0.2, 0.25) is 0 Å². The van der Waals surface area contributed by atoms with Crippen molar-refractivity contribution in [2.24, 2.45) is 0 Å². The highest BCUT2D eigenvalue weighted by atomic mass is 16.2. The van der Waals surface area contributed by atoms with E-state index >= 15 is 0 Å². The number of piperazine rings is 1. The summed E-state index contributed by atoms with van der Waals surface area (Å²) in [5.41, 5.74) is 2.91. The number of nitrogens with zero attached hydrogens (tertiary/aromatic N) is 5. The molecule has 1 aromatic carbocycles. The lowest BCUT2D eigenvalue weighted by molar-refractivity contribution is -0.115. The number of hydrogen-bond acceptors (Lipinski definition) is 7. The number of amides is 1. The second kappa shape index (κ2) is 8.10. The molecule has 0 atom stereocenters. The highest BCUT2D eigenvalue weighted by molar-refractivity contribution is 6.00. The van der Waals surface area contributed by atoms with E-state index in [1.54, 1.807) is 6.20 Å². The number of rotatable bonds is 4. The molecule has 2 aliphatic heterocycles. The Balaban J connectivity index is 1.32. The minimum absolute atomic E-state index is 0.0122. The third kappa shape index (κ3) is 3.92. The molecule has 0 spiro atoms. The molecule has 2 N–H and O–H groups in total. The topological polar surface area (TPSA) is 76.6 Å². The summed E-state index contributed by atoms with van der Waals surface area (Å²) in [6.45, 7) is 4.67. The van der Waals surface area contributed by atoms with Crippen molar-refractivity contribution in [3.05, 3.63) is 30.5 Å². The van der Waals surface area contributed by atoms with Gasteiger partial charge >= 0.3 is 0 Å². The first-order valence-corrected chi connectivity index (χ1v) is 10.9. The van der Waals surface area contributed by atoms with Crippen LogP contribution in [0.15, 0.2) is 30.5 Å². The monoisotopic (exact) mass is 407 g/mol. The van der Waals surface area contributed by atoms with Crippen LogP contribution in [-0.4, -0.2) is 66.6 Å². The van der Waals surface area contributed by atoms with E-state index in [0.29, 0.717) is 24.2 Å². The van der Waals surface area contributed by atoms with E-state index in [1.165, 1.54) is 18.5 Å². The van der Waals surface area contributed by atoms with Crippen LogP contribution in [0.1, 0.15) is 25.7 Å². The predicted octanol–water partition coefficient (Wildman–Crippen LogP) is 2.67. The Labute approximate surface area is 177 Å². The molecular weight excluding hydrogens is 378 g/mol. The second-order valence-electron chi connectivity index (χ2n) is 8.51. The maximum Gasteiger partial charge on any atom is 0.244 e. The van der Waals surface area contributed by atoms with Crippen LogP contribution < -0.4 is 20.4 Å². The second-order valence-corrected chi connectivity index (χ2v) is 8.51. The van der Waals surface area contributed by atoms with E-state index in [2.05, 4.69) is 61.6 Å². The largest absolute Gasteiger partial charge is 0.369 e. The third-order valence-corrected chi connectivity index (χ3v) is 6.39. The van der Waals surface area contributed by atoms with Gasteiger partial charge in [0.2, 0.25) is 11.9 Å². The van der Waals surface area contributed by atoms with Gasteiger partial charge in [0.15, 0.2) is 5.82 Å². The predicted molar refractivity (Wildman–Crippen MR) is 120 cm³/mol.